The molecule has 1 aliphatic heterocycles. The summed E-state index contributed by atoms with van der Waals surface area (Å²) in [7, 11) is 0.422. The van der Waals surface area contributed by atoms with Crippen LogP contribution in [0, 0.1) is 11.8 Å². The van der Waals surface area contributed by atoms with Gasteiger partial charge in [0.2, 0.25) is 0 Å². The summed E-state index contributed by atoms with van der Waals surface area (Å²) in [4.78, 5) is 9.18. The summed E-state index contributed by atoms with van der Waals surface area (Å²) in [5, 5.41) is 5.93. The first-order valence-corrected chi connectivity index (χ1v) is 15.6. The Morgan fingerprint density at radius 3 is 2.10 bits per heavy atom. The number of hydrogen-bond donors (Lipinski definition) is 0. The normalized spacial score (nSPS) is 18.9. The molecule has 2 aliphatic rings. The fraction of sp³-hybridized carbons (Fsp3) is 0.588. The van der Waals surface area contributed by atoms with E-state index in [1.807, 2.05) is 98.1 Å². The maximum Gasteiger partial charge on any atom is 0.149 e. The van der Waals surface area contributed by atoms with Gasteiger partial charge < -0.3 is 9.64 Å². The van der Waals surface area contributed by atoms with Crippen LogP contribution in [0.3, 0.4) is 0 Å². The van der Waals surface area contributed by atoms with Gasteiger partial charge >= 0.3 is 0 Å². The van der Waals surface area contributed by atoms with E-state index >= 15 is 0 Å². The minimum Gasteiger partial charge on any atom is -0.481 e. The quantitative estimate of drug-likeness (QED) is 0.312. The second-order valence-corrected chi connectivity index (χ2v) is 8.71. The van der Waals surface area contributed by atoms with Gasteiger partial charge in [0.15, 0.2) is 0 Å². The molecule has 1 saturated heterocycles. The Bertz CT molecular complexity index is 1110. The van der Waals surface area contributed by atoms with Crippen molar-refractivity contribution >= 4 is 10.9 Å². The van der Waals surface area contributed by atoms with E-state index < -0.39 is 0 Å². The molecule has 0 bridgehead atoms. The smallest absolute Gasteiger partial charge is 0.149 e. The molecule has 3 heterocycles. The van der Waals surface area contributed by atoms with E-state index in [9.17, 15) is 0 Å². The van der Waals surface area contributed by atoms with Crippen molar-refractivity contribution < 1.29 is 6.11 Å². The summed E-state index contributed by atoms with van der Waals surface area (Å²) in [6.45, 7) is 20.6. The van der Waals surface area contributed by atoms with Gasteiger partial charge in [-0.1, -0.05) is 79.5 Å². The highest BCUT2D eigenvalue weighted by molar-refractivity contribution is 5.83. The van der Waals surface area contributed by atoms with Crippen molar-refractivity contribution in [3.05, 3.63) is 54.5 Å². The molecule has 2 fully saturated rings. The molecule has 6 nitrogen and oxygen atoms in total. The van der Waals surface area contributed by atoms with E-state index in [1.54, 1.807) is 0 Å². The highest BCUT2D eigenvalue weighted by Gasteiger charge is 2.29. The van der Waals surface area contributed by atoms with E-state index in [0.717, 1.165) is 61.4 Å². The molecule has 1 saturated carbocycles. The number of pyridine rings is 1. The van der Waals surface area contributed by atoms with Gasteiger partial charge in [0.05, 0.1) is 16.9 Å². The molecule has 0 radical (unpaired) electrons. The number of rotatable bonds is 4. The van der Waals surface area contributed by atoms with Gasteiger partial charge in [0.1, 0.15) is 18.1 Å². The first kappa shape index (κ1) is 33.3. The Hall–Kier alpha value is -2.88. The number of likely N-dealkylation sites (N-methyl/N-ethyl adjacent to an activating group) is 1. The van der Waals surface area contributed by atoms with Gasteiger partial charge in [-0.05, 0) is 56.8 Å². The van der Waals surface area contributed by atoms with Crippen LogP contribution >= 0.6 is 0 Å². The standard InChI is InChI=1S/C26H31N5O.4C2H6/c1-29-15-17-30(18-16-29)21-9-11-22(12-10-21)31-26-13-14-27-20-24(26)25(28-31)8-5-19-32-23-6-3-2-4-7-23;4*1-2/h2-4,6-7,13-14,20-22H,9-12,15-19H2,1H3;4*1-2H3/i1D;;;;. The molecule has 0 unspecified atom stereocenters. The molecule has 0 atom stereocenters. The van der Waals surface area contributed by atoms with Gasteiger partial charge in [-0.3, -0.25) is 14.6 Å². The Kier molecular flexibility index (Phi) is 17.5. The minimum absolute atomic E-state index is 0.331. The number of ether oxygens (including phenoxy) is 1. The van der Waals surface area contributed by atoms with Crippen LogP contribution < -0.4 is 4.74 Å². The second-order valence-electron chi connectivity index (χ2n) is 8.71. The number of piperazine rings is 1. The lowest BCUT2D eigenvalue weighted by Crippen LogP contribution is -2.49. The van der Waals surface area contributed by atoms with Crippen molar-refractivity contribution in [1.82, 2.24) is 24.6 Å². The summed E-state index contributed by atoms with van der Waals surface area (Å²) in [5.41, 5.74) is 1.90. The summed E-state index contributed by atoms with van der Waals surface area (Å²) in [6, 6.07) is 12.9. The SMILES string of the molecule is CC.CC.CC.CC.[2H]CN1CCN(C2CCC(n3nc(C#CCOc4ccccc4)c4cnccc43)CC2)CC1. The van der Waals surface area contributed by atoms with Crippen molar-refractivity contribution in [3.8, 4) is 17.6 Å². The number of hydrogen-bond acceptors (Lipinski definition) is 5. The monoisotopic (exact) mass is 550 g/mol. The average molecular weight is 551 g/mol. The van der Waals surface area contributed by atoms with E-state index in [1.165, 1.54) is 12.8 Å². The Balaban J connectivity index is 0.000000969. The summed E-state index contributed by atoms with van der Waals surface area (Å²) in [6.07, 6.45) is 8.37. The molecule has 2 aromatic heterocycles. The number of aromatic nitrogens is 3. The third-order valence-electron chi connectivity index (χ3n) is 6.70. The Morgan fingerprint density at radius 2 is 1.48 bits per heavy atom. The van der Waals surface area contributed by atoms with Crippen molar-refractivity contribution in [2.75, 3.05) is 39.8 Å². The van der Waals surface area contributed by atoms with Gasteiger partial charge in [-0.2, -0.15) is 5.10 Å². The maximum absolute atomic E-state index is 7.57. The van der Waals surface area contributed by atoms with E-state index in [-0.39, 0.29) is 0 Å². The Labute approximate surface area is 246 Å². The second kappa shape index (κ2) is 20.9. The third-order valence-corrected chi connectivity index (χ3v) is 6.70. The van der Waals surface area contributed by atoms with Crippen LogP contribution in [-0.2, 0) is 0 Å². The Morgan fingerprint density at radius 1 is 0.850 bits per heavy atom. The van der Waals surface area contributed by atoms with E-state index in [0.29, 0.717) is 25.7 Å². The van der Waals surface area contributed by atoms with Crippen LogP contribution in [0.25, 0.3) is 10.9 Å². The summed E-state index contributed by atoms with van der Waals surface area (Å²) in [5.74, 6) is 7.15. The fourth-order valence-electron chi connectivity index (χ4n) is 4.91. The zero-order chi connectivity index (χ0) is 30.5. The molecule has 0 N–H and O–H groups in total. The number of benzene rings is 1. The highest BCUT2D eigenvalue weighted by Crippen LogP contribution is 2.33. The molecule has 5 rings (SSSR count). The van der Waals surface area contributed by atoms with Gasteiger partial charge in [-0.15, -0.1) is 0 Å². The van der Waals surface area contributed by atoms with Crippen molar-refractivity contribution in [2.24, 2.45) is 0 Å². The van der Waals surface area contributed by atoms with E-state index in [2.05, 4.69) is 37.4 Å². The molecular weight excluding hydrogens is 494 g/mol. The van der Waals surface area contributed by atoms with Crippen LogP contribution in [0.2, 0.25) is 0 Å². The number of fused-ring (bicyclic) bond motifs is 1. The van der Waals surface area contributed by atoms with Gasteiger partial charge in [0, 0.05) is 46.0 Å². The maximum atomic E-state index is 7.57. The van der Waals surface area contributed by atoms with Crippen LogP contribution in [0.5, 0.6) is 5.75 Å². The van der Waals surface area contributed by atoms with Crippen LogP contribution in [0.15, 0.2) is 48.8 Å². The lowest BCUT2D eigenvalue weighted by Gasteiger charge is -2.41. The van der Waals surface area contributed by atoms with Crippen molar-refractivity contribution in [1.29, 1.82) is 0 Å². The van der Waals surface area contributed by atoms with Crippen LogP contribution in [0.1, 0.15) is 94.2 Å². The average Bonchev–Trinajstić information content (AvgIpc) is 3.46. The number of nitrogens with zero attached hydrogens (tertiary/aromatic N) is 5. The first-order chi connectivity index (χ1) is 20.3. The van der Waals surface area contributed by atoms with Crippen LogP contribution in [0.4, 0.5) is 0 Å². The highest BCUT2D eigenvalue weighted by atomic mass is 16.5. The van der Waals surface area contributed by atoms with Crippen LogP contribution in [-0.4, -0.2) is 70.4 Å². The van der Waals surface area contributed by atoms with Crippen molar-refractivity contribution in [2.45, 2.75) is 93.2 Å². The first-order valence-electron chi connectivity index (χ1n) is 16.3. The molecule has 6 heteroatoms. The van der Waals surface area contributed by atoms with E-state index in [4.69, 9.17) is 11.2 Å². The number of para-hydroxylation sites is 1. The molecule has 222 valence electrons. The van der Waals surface area contributed by atoms with Crippen molar-refractivity contribution in [3.63, 3.8) is 0 Å². The predicted octanol–water partition coefficient (Wildman–Crippen LogP) is 7.70. The minimum atomic E-state index is 0.331. The molecule has 1 aromatic carbocycles. The summed E-state index contributed by atoms with van der Waals surface area (Å²) < 4.78 is 15.5. The predicted molar refractivity (Wildman–Crippen MR) is 172 cm³/mol. The lowest BCUT2D eigenvalue weighted by molar-refractivity contribution is 0.0815. The molecular formula is C34H55N5O. The molecule has 1 aliphatic carbocycles. The fourth-order valence-corrected chi connectivity index (χ4v) is 4.91. The van der Waals surface area contributed by atoms with Gasteiger partial charge in [-0.25, -0.2) is 0 Å². The molecule has 0 spiro atoms. The molecule has 0 amide bonds. The summed E-state index contributed by atoms with van der Waals surface area (Å²) >= 11 is 0. The van der Waals surface area contributed by atoms with Gasteiger partial charge in [0.25, 0.3) is 0 Å². The zero-order valence-electron chi connectivity index (χ0n) is 27.5. The largest absolute Gasteiger partial charge is 0.481 e. The third kappa shape index (κ3) is 10.3. The molecule has 3 aromatic rings. The lowest BCUT2D eigenvalue weighted by atomic mass is 9.90. The zero-order valence-corrected chi connectivity index (χ0v) is 26.5. The topological polar surface area (TPSA) is 46.4 Å². The molecule has 40 heavy (non-hydrogen) atoms.